The summed E-state index contributed by atoms with van der Waals surface area (Å²) in [6, 6.07) is 0. The number of carbonyl (C=O) groups is 2. The van der Waals surface area contributed by atoms with E-state index in [0.717, 1.165) is 16.5 Å². The maximum absolute atomic E-state index is 11.7. The van der Waals surface area contributed by atoms with E-state index in [1.54, 1.807) is 18.7 Å². The Morgan fingerprint density at radius 1 is 1.42 bits per heavy atom. The van der Waals surface area contributed by atoms with E-state index in [0.29, 0.717) is 10.8 Å². The molecular weight excluding hydrogens is 282 g/mol. The Bertz CT molecular complexity index is 455. The van der Waals surface area contributed by atoms with Crippen molar-refractivity contribution in [3.63, 3.8) is 0 Å². The van der Waals surface area contributed by atoms with Gasteiger partial charge in [-0.15, -0.1) is 11.3 Å². The second-order valence-corrected chi connectivity index (χ2v) is 6.58. The first-order valence-corrected chi connectivity index (χ1v) is 8.18. The van der Waals surface area contributed by atoms with Gasteiger partial charge >= 0.3 is 5.97 Å². The highest BCUT2D eigenvalue weighted by Gasteiger charge is 2.22. The van der Waals surface area contributed by atoms with E-state index in [1.807, 2.05) is 0 Å². The molecule has 6 heteroatoms. The summed E-state index contributed by atoms with van der Waals surface area (Å²) in [5.74, 6) is 1.72. The number of hydrogen-bond acceptors (Lipinski definition) is 6. The fraction of sp³-hybridized carbons (Fsp3) is 0.615. The largest absolute Gasteiger partial charge is 0.461 e. The number of aromatic nitrogens is 1. The molecule has 1 aromatic heterocycles. The number of nitrogens with zero attached hydrogens (tertiary/aromatic N) is 1. The Morgan fingerprint density at radius 2 is 2.11 bits per heavy atom. The molecule has 4 nitrogen and oxygen atoms in total. The number of rotatable bonds is 7. The Kier molecular flexibility index (Phi) is 6.51. The Hall–Kier alpha value is -0.880. The van der Waals surface area contributed by atoms with E-state index in [9.17, 15) is 9.59 Å². The summed E-state index contributed by atoms with van der Waals surface area (Å²) in [5.41, 5.74) is 0.166. The summed E-state index contributed by atoms with van der Waals surface area (Å²) >= 11 is 3.05. The molecule has 0 saturated carbocycles. The van der Waals surface area contributed by atoms with Crippen molar-refractivity contribution < 1.29 is 14.3 Å². The van der Waals surface area contributed by atoms with Crippen molar-refractivity contribution in [2.24, 2.45) is 5.92 Å². The quantitative estimate of drug-likeness (QED) is 0.570. The lowest BCUT2D eigenvalue weighted by molar-refractivity contribution is 0.0517. The van der Waals surface area contributed by atoms with E-state index >= 15 is 0 Å². The van der Waals surface area contributed by atoms with E-state index in [1.165, 1.54) is 18.3 Å². The first-order valence-electron chi connectivity index (χ1n) is 6.21. The number of thioether (sulfide) groups is 1. The Labute approximate surface area is 122 Å². The minimum atomic E-state index is -0.510. The predicted octanol–water partition coefficient (Wildman–Crippen LogP) is 3.41. The lowest BCUT2D eigenvalue weighted by atomic mass is 10.3. The lowest BCUT2D eigenvalue weighted by Crippen LogP contribution is -2.09. The molecule has 0 aliphatic heterocycles. The van der Waals surface area contributed by atoms with Gasteiger partial charge in [0.25, 0.3) is 0 Å². The van der Waals surface area contributed by atoms with Gasteiger partial charge in [0, 0.05) is 12.7 Å². The highest BCUT2D eigenvalue weighted by atomic mass is 32.2. The van der Waals surface area contributed by atoms with Gasteiger partial charge in [0.05, 0.1) is 6.61 Å². The fourth-order valence-electron chi connectivity index (χ4n) is 1.38. The molecule has 0 bridgehead atoms. The molecule has 0 unspecified atom stereocenters. The van der Waals surface area contributed by atoms with Gasteiger partial charge in [-0.2, -0.15) is 11.8 Å². The van der Waals surface area contributed by atoms with Crippen LogP contribution in [-0.2, 0) is 10.5 Å². The standard InChI is InChI=1S/C13H19NO3S2/c1-5-17-13(16)11-12(9(4)15)19-10(14-11)7-18-6-8(2)3/h8H,5-7H2,1-4H3. The molecule has 1 aromatic rings. The molecule has 0 aliphatic carbocycles. The summed E-state index contributed by atoms with van der Waals surface area (Å²) in [6.45, 7) is 7.77. The zero-order chi connectivity index (χ0) is 14.4. The molecule has 0 spiro atoms. The van der Waals surface area contributed by atoms with Gasteiger partial charge in [-0.1, -0.05) is 13.8 Å². The van der Waals surface area contributed by atoms with Crippen LogP contribution in [0.25, 0.3) is 0 Å². The second-order valence-electron chi connectivity index (χ2n) is 4.47. The average molecular weight is 301 g/mol. The summed E-state index contributed by atoms with van der Waals surface area (Å²) in [6.07, 6.45) is 0. The third-order valence-corrected chi connectivity index (χ3v) is 4.86. The van der Waals surface area contributed by atoms with Gasteiger partial charge < -0.3 is 4.74 Å². The van der Waals surface area contributed by atoms with Crippen molar-refractivity contribution in [2.45, 2.75) is 33.4 Å². The monoisotopic (exact) mass is 301 g/mol. The molecule has 1 rings (SSSR count). The van der Waals surface area contributed by atoms with Crippen molar-refractivity contribution in [3.8, 4) is 0 Å². The van der Waals surface area contributed by atoms with Gasteiger partial charge in [0.15, 0.2) is 11.5 Å². The molecular formula is C13H19NO3S2. The smallest absolute Gasteiger partial charge is 0.358 e. The first-order chi connectivity index (χ1) is 8.95. The SMILES string of the molecule is CCOC(=O)c1nc(CSCC(C)C)sc1C(C)=O. The second kappa shape index (κ2) is 7.65. The molecule has 0 aliphatic rings. The predicted molar refractivity (Wildman–Crippen MR) is 79.1 cm³/mol. The summed E-state index contributed by atoms with van der Waals surface area (Å²) in [4.78, 5) is 27.9. The van der Waals surface area contributed by atoms with Crippen molar-refractivity contribution in [1.29, 1.82) is 0 Å². The molecule has 1 heterocycles. The van der Waals surface area contributed by atoms with Crippen LogP contribution in [-0.4, -0.2) is 29.1 Å². The zero-order valence-electron chi connectivity index (χ0n) is 11.7. The van der Waals surface area contributed by atoms with Crippen molar-refractivity contribution in [1.82, 2.24) is 4.98 Å². The van der Waals surface area contributed by atoms with Crippen molar-refractivity contribution >= 4 is 34.9 Å². The molecule has 0 saturated heterocycles. The van der Waals surface area contributed by atoms with Gasteiger partial charge in [-0.05, 0) is 18.6 Å². The van der Waals surface area contributed by atoms with Crippen LogP contribution in [0, 0.1) is 5.92 Å². The van der Waals surface area contributed by atoms with Crippen LogP contribution in [0.15, 0.2) is 0 Å². The van der Waals surface area contributed by atoms with Crippen LogP contribution in [0.4, 0.5) is 0 Å². The molecule has 106 valence electrons. The van der Waals surface area contributed by atoms with E-state index < -0.39 is 5.97 Å². The molecule has 0 amide bonds. The minimum absolute atomic E-state index is 0.138. The molecule has 0 radical (unpaired) electrons. The molecule has 19 heavy (non-hydrogen) atoms. The maximum atomic E-state index is 11.7. The summed E-state index contributed by atoms with van der Waals surface area (Å²) in [5, 5.41) is 0.805. The van der Waals surface area contributed by atoms with Crippen molar-refractivity contribution in [2.75, 3.05) is 12.4 Å². The van der Waals surface area contributed by atoms with Gasteiger partial charge in [0.1, 0.15) is 9.88 Å². The van der Waals surface area contributed by atoms with Crippen LogP contribution in [0.5, 0.6) is 0 Å². The van der Waals surface area contributed by atoms with Gasteiger partial charge in [0.2, 0.25) is 0 Å². The van der Waals surface area contributed by atoms with Crippen LogP contribution in [0.3, 0.4) is 0 Å². The number of carbonyl (C=O) groups excluding carboxylic acids is 2. The van der Waals surface area contributed by atoms with Crippen molar-refractivity contribution in [3.05, 3.63) is 15.6 Å². The number of esters is 1. The molecule has 0 atom stereocenters. The highest BCUT2D eigenvalue weighted by molar-refractivity contribution is 7.98. The number of ether oxygens (including phenoxy) is 1. The van der Waals surface area contributed by atoms with E-state index in [-0.39, 0.29) is 18.1 Å². The molecule has 0 fully saturated rings. The number of ketones is 1. The fourth-order valence-corrected chi connectivity index (χ4v) is 3.44. The number of thiazole rings is 1. The number of Topliss-reactive ketones (excluding diaryl/α,β-unsaturated/α-hetero) is 1. The Morgan fingerprint density at radius 3 is 2.63 bits per heavy atom. The van der Waals surface area contributed by atoms with Gasteiger partial charge in [-0.25, -0.2) is 9.78 Å². The normalized spacial score (nSPS) is 10.8. The lowest BCUT2D eigenvalue weighted by Gasteiger charge is -2.01. The third-order valence-electron chi connectivity index (χ3n) is 2.14. The third kappa shape index (κ3) is 4.95. The van der Waals surface area contributed by atoms with E-state index in [4.69, 9.17) is 4.74 Å². The Balaban J connectivity index is 2.82. The van der Waals surface area contributed by atoms with Crippen LogP contribution < -0.4 is 0 Å². The van der Waals surface area contributed by atoms with E-state index in [2.05, 4.69) is 18.8 Å². The first kappa shape index (κ1) is 16.2. The molecule has 0 aromatic carbocycles. The van der Waals surface area contributed by atoms with Crippen LogP contribution in [0.2, 0.25) is 0 Å². The summed E-state index contributed by atoms with van der Waals surface area (Å²) < 4.78 is 4.92. The summed E-state index contributed by atoms with van der Waals surface area (Å²) in [7, 11) is 0. The highest BCUT2D eigenvalue weighted by Crippen LogP contribution is 2.24. The van der Waals surface area contributed by atoms with Gasteiger partial charge in [-0.3, -0.25) is 4.79 Å². The van der Waals surface area contributed by atoms with Crippen LogP contribution in [0.1, 0.15) is 52.9 Å². The molecule has 0 N–H and O–H groups in total. The maximum Gasteiger partial charge on any atom is 0.358 e. The minimum Gasteiger partial charge on any atom is -0.461 e. The average Bonchev–Trinajstić information content (AvgIpc) is 2.73. The zero-order valence-corrected chi connectivity index (χ0v) is 13.3. The van der Waals surface area contributed by atoms with Crippen LogP contribution >= 0.6 is 23.1 Å². The number of hydrogen-bond donors (Lipinski definition) is 0. The topological polar surface area (TPSA) is 56.3 Å².